The van der Waals surface area contributed by atoms with Crippen LogP contribution >= 0.6 is 0 Å². The Morgan fingerprint density at radius 3 is 2.50 bits per heavy atom. The number of rotatable bonds is 4. The zero-order chi connectivity index (χ0) is 25.7. The van der Waals surface area contributed by atoms with Gasteiger partial charge >= 0.3 is 0 Å². The topological polar surface area (TPSA) is 90.9 Å². The van der Waals surface area contributed by atoms with E-state index in [4.69, 9.17) is 0 Å². The summed E-state index contributed by atoms with van der Waals surface area (Å²) in [6, 6.07) is 8.99. The summed E-state index contributed by atoms with van der Waals surface area (Å²) in [6.07, 6.45) is 5.96. The van der Waals surface area contributed by atoms with Gasteiger partial charge in [0.1, 0.15) is 0 Å². The van der Waals surface area contributed by atoms with Crippen molar-refractivity contribution in [3.63, 3.8) is 0 Å². The second kappa shape index (κ2) is 9.27. The number of amides is 2. The molecule has 3 saturated heterocycles. The largest absolute Gasteiger partial charge is 0.342 e. The zero-order valence-electron chi connectivity index (χ0n) is 21.2. The SMILES string of the molecule is Cc1ccc(C)c(S(=O)(=O)N2CCC3(CCN(C(=O)C4CC(=O)N(C)C4c4cccnc4)C3)CC2)c1. The average Bonchev–Trinajstić information content (AvgIpc) is 3.41. The van der Waals surface area contributed by atoms with Gasteiger partial charge in [0.25, 0.3) is 0 Å². The third-order valence-corrected chi connectivity index (χ3v) is 10.5. The normalized spacial score (nSPS) is 24.6. The highest BCUT2D eigenvalue weighted by molar-refractivity contribution is 7.89. The molecule has 1 aromatic heterocycles. The summed E-state index contributed by atoms with van der Waals surface area (Å²) in [7, 11) is -1.80. The van der Waals surface area contributed by atoms with Crippen molar-refractivity contribution in [3.8, 4) is 0 Å². The highest BCUT2D eigenvalue weighted by atomic mass is 32.2. The Bertz CT molecular complexity index is 1270. The predicted octanol–water partition coefficient (Wildman–Crippen LogP) is 2.92. The number of nitrogens with zero attached hydrogens (tertiary/aromatic N) is 4. The molecule has 0 bridgehead atoms. The number of benzene rings is 1. The first kappa shape index (κ1) is 24.9. The molecule has 3 fully saturated rings. The molecule has 2 aromatic rings. The molecule has 2 unspecified atom stereocenters. The van der Waals surface area contributed by atoms with E-state index in [9.17, 15) is 18.0 Å². The van der Waals surface area contributed by atoms with E-state index in [2.05, 4.69) is 4.98 Å². The highest BCUT2D eigenvalue weighted by Crippen LogP contribution is 2.44. The summed E-state index contributed by atoms with van der Waals surface area (Å²) in [4.78, 5) is 34.4. The molecule has 36 heavy (non-hydrogen) atoms. The van der Waals surface area contributed by atoms with Crippen LogP contribution in [-0.2, 0) is 19.6 Å². The van der Waals surface area contributed by atoms with Crippen LogP contribution in [0.3, 0.4) is 0 Å². The molecular formula is C27H34N4O4S. The minimum Gasteiger partial charge on any atom is -0.342 e. The molecule has 2 amide bonds. The summed E-state index contributed by atoms with van der Waals surface area (Å²) in [6.45, 7) is 5.93. The molecule has 2 atom stereocenters. The maximum absolute atomic E-state index is 13.6. The van der Waals surface area contributed by atoms with Crippen LogP contribution in [0.4, 0.5) is 0 Å². The van der Waals surface area contributed by atoms with Crippen molar-refractivity contribution in [1.82, 2.24) is 19.1 Å². The molecule has 1 aromatic carbocycles. The summed E-state index contributed by atoms with van der Waals surface area (Å²) >= 11 is 0. The Hall–Kier alpha value is -2.78. The maximum Gasteiger partial charge on any atom is 0.243 e. The van der Waals surface area contributed by atoms with Gasteiger partial charge in [-0.15, -0.1) is 0 Å². The van der Waals surface area contributed by atoms with Crippen molar-refractivity contribution in [2.24, 2.45) is 11.3 Å². The Balaban J connectivity index is 1.27. The molecular weight excluding hydrogens is 476 g/mol. The molecule has 1 spiro atoms. The lowest BCUT2D eigenvalue weighted by Crippen LogP contribution is -2.45. The van der Waals surface area contributed by atoms with Crippen LogP contribution in [0.15, 0.2) is 47.6 Å². The van der Waals surface area contributed by atoms with Gasteiger partial charge in [-0.2, -0.15) is 4.31 Å². The number of carbonyl (C=O) groups excluding carboxylic acids is 2. The summed E-state index contributed by atoms with van der Waals surface area (Å²) in [5.41, 5.74) is 2.50. The number of aromatic nitrogens is 1. The number of aryl methyl sites for hydroxylation is 2. The molecule has 0 radical (unpaired) electrons. The monoisotopic (exact) mass is 510 g/mol. The van der Waals surface area contributed by atoms with Gasteiger partial charge in [-0.3, -0.25) is 14.6 Å². The van der Waals surface area contributed by atoms with Gasteiger partial charge < -0.3 is 9.80 Å². The Morgan fingerprint density at radius 2 is 1.81 bits per heavy atom. The number of sulfonamides is 1. The van der Waals surface area contributed by atoms with Crippen LogP contribution in [0.25, 0.3) is 0 Å². The Kier molecular flexibility index (Phi) is 6.41. The average molecular weight is 511 g/mol. The Labute approximate surface area is 213 Å². The molecule has 5 rings (SSSR count). The van der Waals surface area contributed by atoms with Gasteiger partial charge in [0.05, 0.1) is 16.9 Å². The van der Waals surface area contributed by atoms with Crippen LogP contribution < -0.4 is 0 Å². The van der Waals surface area contributed by atoms with Crippen LogP contribution in [0, 0.1) is 25.2 Å². The number of carbonyl (C=O) groups is 2. The van der Waals surface area contributed by atoms with Gasteiger partial charge in [0.2, 0.25) is 21.8 Å². The van der Waals surface area contributed by atoms with Crippen LogP contribution in [0.5, 0.6) is 0 Å². The standard InChI is InChI=1S/C27H34N4O4S/c1-19-6-7-20(2)23(15-19)36(34,35)31-13-9-27(10-14-31)8-12-30(18-27)26(33)22-16-24(32)29(3)25(22)21-5-4-11-28-17-21/h4-7,11,15,17,22,25H,8-10,12-14,16,18H2,1-3H3. The van der Waals surface area contributed by atoms with E-state index >= 15 is 0 Å². The van der Waals surface area contributed by atoms with E-state index in [0.717, 1.165) is 36.0 Å². The van der Waals surface area contributed by atoms with Crippen molar-refractivity contribution in [2.45, 2.75) is 50.5 Å². The van der Waals surface area contributed by atoms with Crippen LogP contribution in [-0.4, -0.2) is 72.5 Å². The lowest BCUT2D eigenvalue weighted by molar-refractivity contribution is -0.136. The fraction of sp³-hybridized carbons (Fsp3) is 0.519. The number of piperidine rings is 1. The first-order valence-corrected chi connectivity index (χ1v) is 14.1. The second-order valence-electron chi connectivity index (χ2n) is 10.7. The van der Waals surface area contributed by atoms with Gasteiger partial charge in [0, 0.05) is 52.0 Å². The van der Waals surface area contributed by atoms with E-state index in [1.165, 1.54) is 0 Å². The van der Waals surface area contributed by atoms with Crippen molar-refractivity contribution >= 4 is 21.8 Å². The van der Waals surface area contributed by atoms with E-state index in [1.807, 2.05) is 43.0 Å². The van der Waals surface area contributed by atoms with Gasteiger partial charge in [-0.25, -0.2) is 8.42 Å². The predicted molar refractivity (Wildman–Crippen MR) is 135 cm³/mol. The second-order valence-corrected chi connectivity index (χ2v) is 12.6. The fourth-order valence-corrected chi connectivity index (χ4v) is 7.94. The van der Waals surface area contributed by atoms with Crippen molar-refractivity contribution in [1.29, 1.82) is 0 Å². The van der Waals surface area contributed by atoms with E-state index in [1.54, 1.807) is 34.7 Å². The molecule has 9 heteroatoms. The highest BCUT2D eigenvalue weighted by Gasteiger charge is 2.49. The van der Waals surface area contributed by atoms with Crippen molar-refractivity contribution < 1.29 is 18.0 Å². The summed E-state index contributed by atoms with van der Waals surface area (Å²) < 4.78 is 28.3. The lowest BCUT2D eigenvalue weighted by Gasteiger charge is -2.39. The summed E-state index contributed by atoms with van der Waals surface area (Å²) in [5, 5.41) is 0. The van der Waals surface area contributed by atoms with Gasteiger partial charge in [-0.1, -0.05) is 18.2 Å². The minimum atomic E-state index is -3.55. The van der Waals surface area contributed by atoms with E-state index < -0.39 is 15.9 Å². The molecule has 8 nitrogen and oxygen atoms in total. The lowest BCUT2D eigenvalue weighted by atomic mass is 9.78. The number of pyridine rings is 1. The quantitative estimate of drug-likeness (QED) is 0.631. The number of likely N-dealkylation sites (tertiary alicyclic amines) is 2. The number of hydrogen-bond acceptors (Lipinski definition) is 5. The maximum atomic E-state index is 13.6. The molecule has 0 N–H and O–H groups in total. The molecule has 3 aliphatic heterocycles. The van der Waals surface area contributed by atoms with Crippen LogP contribution in [0.2, 0.25) is 0 Å². The molecule has 4 heterocycles. The third-order valence-electron chi connectivity index (χ3n) is 8.42. The Morgan fingerprint density at radius 1 is 1.08 bits per heavy atom. The summed E-state index contributed by atoms with van der Waals surface area (Å²) in [5.74, 6) is -0.434. The van der Waals surface area contributed by atoms with E-state index in [0.29, 0.717) is 31.1 Å². The first-order chi connectivity index (χ1) is 17.1. The number of hydrogen-bond donors (Lipinski definition) is 0. The van der Waals surface area contributed by atoms with Gasteiger partial charge in [-0.05, 0) is 67.3 Å². The van der Waals surface area contributed by atoms with Gasteiger partial charge in [0.15, 0.2) is 0 Å². The van der Waals surface area contributed by atoms with E-state index in [-0.39, 0.29) is 29.7 Å². The van der Waals surface area contributed by atoms with Crippen molar-refractivity contribution in [3.05, 3.63) is 59.4 Å². The molecule has 192 valence electrons. The third kappa shape index (κ3) is 4.32. The molecule has 0 saturated carbocycles. The van der Waals surface area contributed by atoms with Crippen molar-refractivity contribution in [2.75, 3.05) is 33.2 Å². The molecule has 0 aliphatic carbocycles. The minimum absolute atomic E-state index is 0.0175. The fourth-order valence-electron chi connectivity index (χ4n) is 6.19. The molecule has 3 aliphatic rings. The zero-order valence-corrected chi connectivity index (χ0v) is 22.0. The first-order valence-electron chi connectivity index (χ1n) is 12.6. The van der Waals surface area contributed by atoms with Crippen LogP contribution in [0.1, 0.15) is 48.4 Å². The smallest absolute Gasteiger partial charge is 0.243 e.